The highest BCUT2D eigenvalue weighted by atomic mass is 79.9. The van der Waals surface area contributed by atoms with Crippen molar-refractivity contribution in [2.75, 3.05) is 0 Å². The van der Waals surface area contributed by atoms with Gasteiger partial charge in [0.25, 0.3) is 5.69 Å². The fourth-order valence-electron chi connectivity index (χ4n) is 2.90. The van der Waals surface area contributed by atoms with Crippen molar-refractivity contribution in [3.63, 3.8) is 0 Å². The van der Waals surface area contributed by atoms with Gasteiger partial charge in [-0.15, -0.1) is 0 Å². The van der Waals surface area contributed by atoms with Crippen LogP contribution >= 0.6 is 15.9 Å². The molecule has 0 aliphatic heterocycles. The molecule has 2 rings (SSSR count). The number of nitrogens with zero attached hydrogens (tertiary/aromatic N) is 1. The standard InChI is InChI=1S/C15H21BrN2O2/c1-10-4-3-5-15(11(10)2)17-9-12-6-7-13(18(19)20)8-14(12)16/h6-8,10-11,15,17H,3-5,9H2,1-2H3. The van der Waals surface area contributed by atoms with Gasteiger partial charge in [-0.2, -0.15) is 0 Å². The number of hydrogen-bond donors (Lipinski definition) is 1. The summed E-state index contributed by atoms with van der Waals surface area (Å²) < 4.78 is 0.802. The topological polar surface area (TPSA) is 55.2 Å². The lowest BCUT2D eigenvalue weighted by molar-refractivity contribution is -0.384. The maximum atomic E-state index is 10.7. The summed E-state index contributed by atoms with van der Waals surface area (Å²) in [5.74, 6) is 1.45. The summed E-state index contributed by atoms with van der Waals surface area (Å²) in [6.07, 6.45) is 3.82. The molecule has 1 aliphatic carbocycles. The molecule has 4 nitrogen and oxygen atoms in total. The Kier molecular flexibility index (Phi) is 5.16. The minimum Gasteiger partial charge on any atom is -0.310 e. The van der Waals surface area contributed by atoms with Crippen LogP contribution < -0.4 is 5.32 Å². The molecule has 110 valence electrons. The van der Waals surface area contributed by atoms with Crippen LogP contribution in [0.5, 0.6) is 0 Å². The molecule has 5 heteroatoms. The first-order valence-electron chi connectivity index (χ1n) is 7.15. The summed E-state index contributed by atoms with van der Waals surface area (Å²) in [6, 6.07) is 5.51. The smallest absolute Gasteiger partial charge is 0.270 e. The van der Waals surface area contributed by atoms with Crippen LogP contribution in [0.1, 0.15) is 38.7 Å². The first kappa shape index (κ1) is 15.4. The molecule has 1 N–H and O–H groups in total. The van der Waals surface area contributed by atoms with Crippen molar-refractivity contribution in [1.29, 1.82) is 0 Å². The Labute approximate surface area is 128 Å². The van der Waals surface area contributed by atoms with Crippen molar-refractivity contribution in [1.82, 2.24) is 5.32 Å². The Balaban J connectivity index is 1.98. The predicted octanol–water partition coefficient (Wildman–Crippen LogP) is 4.27. The third-order valence-electron chi connectivity index (χ3n) is 4.51. The SMILES string of the molecule is CC1CCCC(NCc2ccc([N+](=O)[O-])cc2Br)C1C. The molecule has 3 unspecified atom stereocenters. The molecule has 1 saturated carbocycles. The van der Waals surface area contributed by atoms with E-state index < -0.39 is 0 Å². The first-order chi connectivity index (χ1) is 9.49. The van der Waals surface area contributed by atoms with Crippen LogP contribution in [0.2, 0.25) is 0 Å². The highest BCUT2D eigenvalue weighted by molar-refractivity contribution is 9.10. The molecule has 1 fully saturated rings. The summed E-state index contributed by atoms with van der Waals surface area (Å²) in [4.78, 5) is 10.3. The maximum Gasteiger partial charge on any atom is 0.270 e. The van der Waals surface area contributed by atoms with Gasteiger partial charge in [-0.05, 0) is 29.9 Å². The van der Waals surface area contributed by atoms with Crippen LogP contribution in [0.25, 0.3) is 0 Å². The third kappa shape index (κ3) is 3.58. The lowest BCUT2D eigenvalue weighted by Crippen LogP contribution is -2.40. The average molecular weight is 341 g/mol. The second-order valence-corrected chi connectivity index (χ2v) is 6.64. The molecule has 0 radical (unpaired) electrons. The number of nitro groups is 1. The van der Waals surface area contributed by atoms with Gasteiger partial charge in [0.2, 0.25) is 0 Å². The Morgan fingerprint density at radius 3 is 2.80 bits per heavy atom. The number of nitro benzene ring substituents is 1. The maximum absolute atomic E-state index is 10.7. The van der Waals surface area contributed by atoms with Crippen molar-refractivity contribution in [2.24, 2.45) is 11.8 Å². The molecule has 0 bridgehead atoms. The second kappa shape index (κ2) is 6.68. The van der Waals surface area contributed by atoms with E-state index in [0.29, 0.717) is 12.0 Å². The lowest BCUT2D eigenvalue weighted by Gasteiger charge is -2.34. The first-order valence-corrected chi connectivity index (χ1v) is 7.94. The van der Waals surface area contributed by atoms with E-state index in [1.165, 1.54) is 19.3 Å². The number of nitrogens with one attached hydrogen (secondary N) is 1. The van der Waals surface area contributed by atoms with Gasteiger partial charge in [0.1, 0.15) is 0 Å². The van der Waals surface area contributed by atoms with Gasteiger partial charge >= 0.3 is 0 Å². The van der Waals surface area contributed by atoms with Crippen molar-refractivity contribution < 1.29 is 4.92 Å². The number of halogens is 1. The zero-order valence-corrected chi connectivity index (χ0v) is 13.5. The minimum absolute atomic E-state index is 0.125. The Bertz CT molecular complexity index is 493. The Morgan fingerprint density at radius 1 is 1.40 bits per heavy atom. The second-order valence-electron chi connectivity index (χ2n) is 5.79. The molecule has 0 heterocycles. The van der Waals surface area contributed by atoms with Crippen molar-refractivity contribution in [2.45, 2.75) is 45.7 Å². The molecular formula is C15H21BrN2O2. The van der Waals surface area contributed by atoms with Crippen molar-refractivity contribution in [3.8, 4) is 0 Å². The van der Waals surface area contributed by atoms with Gasteiger partial charge in [0.15, 0.2) is 0 Å². The summed E-state index contributed by atoms with van der Waals surface area (Å²) in [5, 5.41) is 14.3. The molecule has 0 amide bonds. The fraction of sp³-hybridized carbons (Fsp3) is 0.600. The van der Waals surface area contributed by atoms with Crippen LogP contribution in [0.15, 0.2) is 22.7 Å². The van der Waals surface area contributed by atoms with E-state index in [0.717, 1.165) is 22.5 Å². The van der Waals surface area contributed by atoms with Crippen LogP contribution in [0.4, 0.5) is 5.69 Å². The van der Waals surface area contributed by atoms with Crippen LogP contribution in [-0.4, -0.2) is 11.0 Å². The van der Waals surface area contributed by atoms with E-state index in [1.807, 2.05) is 6.07 Å². The van der Waals surface area contributed by atoms with E-state index in [9.17, 15) is 10.1 Å². The van der Waals surface area contributed by atoms with Gasteiger partial charge < -0.3 is 5.32 Å². The molecular weight excluding hydrogens is 320 g/mol. The molecule has 1 aromatic rings. The lowest BCUT2D eigenvalue weighted by atomic mass is 9.78. The monoisotopic (exact) mass is 340 g/mol. The molecule has 3 atom stereocenters. The average Bonchev–Trinajstić information content (AvgIpc) is 2.41. The van der Waals surface area contributed by atoms with Crippen molar-refractivity contribution >= 4 is 21.6 Å². The summed E-state index contributed by atoms with van der Waals surface area (Å²) in [7, 11) is 0. The van der Waals surface area contributed by atoms with Crippen LogP contribution in [0.3, 0.4) is 0 Å². The minimum atomic E-state index is -0.368. The largest absolute Gasteiger partial charge is 0.310 e. The molecule has 0 spiro atoms. The van der Waals surface area contributed by atoms with E-state index >= 15 is 0 Å². The quantitative estimate of drug-likeness (QED) is 0.657. The Morgan fingerprint density at radius 2 is 2.15 bits per heavy atom. The highest BCUT2D eigenvalue weighted by Gasteiger charge is 2.26. The Hall–Kier alpha value is -0.940. The van der Waals surface area contributed by atoms with Gasteiger partial charge in [0.05, 0.1) is 4.92 Å². The summed E-state index contributed by atoms with van der Waals surface area (Å²) in [5.41, 5.74) is 1.20. The van der Waals surface area contributed by atoms with E-state index in [2.05, 4.69) is 35.1 Å². The normalized spacial score (nSPS) is 26.4. The number of benzene rings is 1. The zero-order valence-electron chi connectivity index (χ0n) is 11.9. The molecule has 0 saturated heterocycles. The summed E-state index contributed by atoms with van der Waals surface area (Å²) >= 11 is 3.42. The van der Waals surface area contributed by atoms with E-state index in [4.69, 9.17) is 0 Å². The van der Waals surface area contributed by atoms with Gasteiger partial charge in [0, 0.05) is 29.2 Å². The fourth-order valence-corrected chi connectivity index (χ4v) is 3.41. The molecule has 1 aromatic carbocycles. The third-order valence-corrected chi connectivity index (χ3v) is 5.25. The molecule has 0 aromatic heterocycles. The molecule has 1 aliphatic rings. The zero-order chi connectivity index (χ0) is 14.7. The van der Waals surface area contributed by atoms with Gasteiger partial charge in [-0.1, -0.05) is 42.6 Å². The van der Waals surface area contributed by atoms with Crippen LogP contribution in [0, 0.1) is 22.0 Å². The van der Waals surface area contributed by atoms with Crippen LogP contribution in [-0.2, 0) is 6.54 Å². The predicted molar refractivity (Wildman–Crippen MR) is 83.6 cm³/mol. The van der Waals surface area contributed by atoms with Gasteiger partial charge in [-0.3, -0.25) is 10.1 Å². The van der Waals surface area contributed by atoms with Gasteiger partial charge in [-0.25, -0.2) is 0 Å². The van der Waals surface area contributed by atoms with E-state index in [1.54, 1.807) is 12.1 Å². The number of non-ortho nitro benzene ring substituents is 1. The highest BCUT2D eigenvalue weighted by Crippen LogP contribution is 2.30. The number of hydrogen-bond acceptors (Lipinski definition) is 3. The van der Waals surface area contributed by atoms with Crippen molar-refractivity contribution in [3.05, 3.63) is 38.3 Å². The van der Waals surface area contributed by atoms with E-state index in [-0.39, 0.29) is 10.6 Å². The number of rotatable bonds is 4. The molecule has 20 heavy (non-hydrogen) atoms. The summed E-state index contributed by atoms with van der Waals surface area (Å²) in [6.45, 7) is 5.38.